The average Bonchev–Trinajstić information content (AvgIpc) is 2.43. The Hall–Kier alpha value is -1.09. The first-order valence-electron chi connectivity index (χ1n) is 6.10. The van der Waals surface area contributed by atoms with Crippen molar-refractivity contribution in [3.05, 3.63) is 48.0 Å². The van der Waals surface area contributed by atoms with Gasteiger partial charge in [0, 0.05) is 25.6 Å². The zero-order valence-corrected chi connectivity index (χ0v) is 11.3. The van der Waals surface area contributed by atoms with Gasteiger partial charge < -0.3 is 10.1 Å². The van der Waals surface area contributed by atoms with Gasteiger partial charge in [-0.05, 0) is 16.3 Å². The Labute approximate surface area is 113 Å². The third-order valence-electron chi connectivity index (χ3n) is 3.02. The first-order chi connectivity index (χ1) is 8.85. The molecule has 1 N–H and O–H groups in total. The van der Waals surface area contributed by atoms with E-state index in [4.69, 9.17) is 16.3 Å². The predicted molar refractivity (Wildman–Crippen MR) is 77.2 cm³/mol. The van der Waals surface area contributed by atoms with Crippen molar-refractivity contribution in [3.8, 4) is 0 Å². The number of benzene rings is 2. The predicted octanol–water partition coefficient (Wildman–Crippen LogP) is 3.18. The van der Waals surface area contributed by atoms with Crippen molar-refractivity contribution in [1.82, 2.24) is 5.32 Å². The summed E-state index contributed by atoms with van der Waals surface area (Å²) in [6.45, 7) is 1.44. The molecule has 96 valence electrons. The average molecular weight is 264 g/mol. The fourth-order valence-electron chi connectivity index (χ4n) is 2.06. The summed E-state index contributed by atoms with van der Waals surface area (Å²) >= 11 is 5.89. The number of methoxy groups -OCH3 is 1. The number of nitrogens with one attached hydrogen (secondary N) is 1. The van der Waals surface area contributed by atoms with Gasteiger partial charge in [0.15, 0.2) is 0 Å². The molecule has 0 aliphatic rings. The second-order valence-corrected chi connectivity index (χ2v) is 4.63. The van der Waals surface area contributed by atoms with E-state index < -0.39 is 0 Å². The van der Waals surface area contributed by atoms with Gasteiger partial charge in [-0.15, -0.1) is 11.6 Å². The second-order valence-electron chi connectivity index (χ2n) is 4.33. The Bertz CT molecular complexity index is 495. The summed E-state index contributed by atoms with van der Waals surface area (Å²) in [6, 6.07) is 15.0. The highest BCUT2D eigenvalue weighted by molar-refractivity contribution is 6.18. The molecule has 0 saturated carbocycles. The Kier molecular flexibility index (Phi) is 5.00. The maximum Gasteiger partial charge on any atom is 0.0627 e. The SMILES string of the molecule is COCC(CCl)NCc1cccc2ccccc12. The van der Waals surface area contributed by atoms with Gasteiger partial charge in [-0.25, -0.2) is 0 Å². The normalized spacial score (nSPS) is 12.8. The molecule has 0 aliphatic carbocycles. The van der Waals surface area contributed by atoms with Crippen LogP contribution >= 0.6 is 11.6 Å². The van der Waals surface area contributed by atoms with Gasteiger partial charge in [0.25, 0.3) is 0 Å². The van der Waals surface area contributed by atoms with E-state index in [1.54, 1.807) is 7.11 Å². The van der Waals surface area contributed by atoms with Crippen LogP contribution in [0.5, 0.6) is 0 Å². The molecule has 0 amide bonds. The summed E-state index contributed by atoms with van der Waals surface area (Å²) in [5.41, 5.74) is 1.29. The van der Waals surface area contributed by atoms with Crippen LogP contribution in [0.4, 0.5) is 0 Å². The van der Waals surface area contributed by atoms with E-state index in [1.807, 2.05) is 0 Å². The lowest BCUT2D eigenvalue weighted by Crippen LogP contribution is -2.34. The molecule has 2 aromatic rings. The van der Waals surface area contributed by atoms with Crippen molar-refractivity contribution in [2.45, 2.75) is 12.6 Å². The highest BCUT2D eigenvalue weighted by Crippen LogP contribution is 2.18. The summed E-state index contributed by atoms with van der Waals surface area (Å²) in [5.74, 6) is 0.554. The molecule has 2 nitrogen and oxygen atoms in total. The lowest BCUT2D eigenvalue weighted by molar-refractivity contribution is 0.173. The third kappa shape index (κ3) is 3.22. The van der Waals surface area contributed by atoms with Gasteiger partial charge in [0.1, 0.15) is 0 Å². The molecule has 1 atom stereocenters. The van der Waals surface area contributed by atoms with Crippen LogP contribution < -0.4 is 5.32 Å². The zero-order valence-electron chi connectivity index (χ0n) is 10.5. The van der Waals surface area contributed by atoms with Gasteiger partial charge in [0.2, 0.25) is 0 Å². The van der Waals surface area contributed by atoms with Crippen LogP contribution in [0, 0.1) is 0 Å². The van der Waals surface area contributed by atoms with Crippen molar-refractivity contribution in [2.75, 3.05) is 19.6 Å². The van der Waals surface area contributed by atoms with Crippen molar-refractivity contribution < 1.29 is 4.74 Å². The van der Waals surface area contributed by atoms with E-state index >= 15 is 0 Å². The van der Waals surface area contributed by atoms with Crippen LogP contribution in [0.15, 0.2) is 42.5 Å². The van der Waals surface area contributed by atoms with Crippen LogP contribution in [-0.4, -0.2) is 25.6 Å². The second kappa shape index (κ2) is 6.74. The summed E-state index contributed by atoms with van der Waals surface area (Å²) in [5, 5.41) is 5.98. The van der Waals surface area contributed by atoms with Crippen molar-refractivity contribution in [3.63, 3.8) is 0 Å². The van der Waals surface area contributed by atoms with E-state index in [0.29, 0.717) is 12.5 Å². The minimum atomic E-state index is 0.190. The summed E-state index contributed by atoms with van der Waals surface area (Å²) in [7, 11) is 1.69. The van der Waals surface area contributed by atoms with Crippen LogP contribution in [0.3, 0.4) is 0 Å². The first kappa shape index (κ1) is 13.3. The van der Waals surface area contributed by atoms with Crippen LogP contribution in [0.1, 0.15) is 5.56 Å². The quantitative estimate of drug-likeness (QED) is 0.809. The zero-order chi connectivity index (χ0) is 12.8. The molecular weight excluding hydrogens is 246 g/mol. The number of ether oxygens (including phenoxy) is 1. The number of fused-ring (bicyclic) bond motifs is 1. The van der Waals surface area contributed by atoms with Crippen molar-refractivity contribution in [2.24, 2.45) is 0 Å². The molecule has 0 fully saturated rings. The van der Waals surface area contributed by atoms with E-state index in [-0.39, 0.29) is 6.04 Å². The number of halogens is 1. The molecule has 2 rings (SSSR count). The molecule has 0 radical (unpaired) electrons. The minimum absolute atomic E-state index is 0.190. The lowest BCUT2D eigenvalue weighted by atomic mass is 10.0. The number of rotatable bonds is 6. The van der Waals surface area contributed by atoms with Gasteiger partial charge in [-0.2, -0.15) is 0 Å². The summed E-state index contributed by atoms with van der Waals surface area (Å²) in [4.78, 5) is 0. The molecule has 0 aromatic heterocycles. The topological polar surface area (TPSA) is 21.3 Å². The van der Waals surface area contributed by atoms with Crippen LogP contribution in [0.2, 0.25) is 0 Å². The van der Waals surface area contributed by atoms with Crippen LogP contribution in [0.25, 0.3) is 10.8 Å². The Morgan fingerprint density at radius 2 is 1.94 bits per heavy atom. The molecule has 18 heavy (non-hydrogen) atoms. The molecule has 2 aromatic carbocycles. The first-order valence-corrected chi connectivity index (χ1v) is 6.63. The maximum atomic E-state index is 5.89. The van der Waals surface area contributed by atoms with E-state index in [0.717, 1.165) is 6.54 Å². The van der Waals surface area contributed by atoms with Gasteiger partial charge in [-0.1, -0.05) is 42.5 Å². The maximum absolute atomic E-state index is 5.89. The largest absolute Gasteiger partial charge is 0.383 e. The molecule has 0 bridgehead atoms. The summed E-state index contributed by atoms with van der Waals surface area (Å²) in [6.07, 6.45) is 0. The Balaban J connectivity index is 2.11. The van der Waals surface area contributed by atoms with Gasteiger partial charge in [-0.3, -0.25) is 0 Å². The van der Waals surface area contributed by atoms with Gasteiger partial charge >= 0.3 is 0 Å². The van der Waals surface area contributed by atoms with Crippen molar-refractivity contribution in [1.29, 1.82) is 0 Å². The smallest absolute Gasteiger partial charge is 0.0627 e. The summed E-state index contributed by atoms with van der Waals surface area (Å²) < 4.78 is 5.12. The van der Waals surface area contributed by atoms with E-state index in [1.165, 1.54) is 16.3 Å². The molecule has 0 saturated heterocycles. The molecule has 3 heteroatoms. The third-order valence-corrected chi connectivity index (χ3v) is 3.39. The van der Waals surface area contributed by atoms with E-state index in [9.17, 15) is 0 Å². The standard InChI is InChI=1S/C15H18ClNO/c1-18-11-14(9-16)17-10-13-7-4-6-12-5-2-3-8-15(12)13/h2-8,14,17H,9-11H2,1H3. The molecule has 1 unspecified atom stereocenters. The monoisotopic (exact) mass is 263 g/mol. The van der Waals surface area contributed by atoms with Gasteiger partial charge in [0.05, 0.1) is 6.61 Å². The number of hydrogen-bond acceptors (Lipinski definition) is 2. The molecular formula is C15H18ClNO. The number of hydrogen-bond donors (Lipinski definition) is 1. The minimum Gasteiger partial charge on any atom is -0.383 e. The van der Waals surface area contributed by atoms with E-state index in [2.05, 4.69) is 47.8 Å². The number of alkyl halides is 1. The highest BCUT2D eigenvalue weighted by Gasteiger charge is 2.07. The molecule has 0 heterocycles. The molecule has 0 spiro atoms. The Morgan fingerprint density at radius 3 is 2.72 bits per heavy atom. The fourth-order valence-corrected chi connectivity index (χ4v) is 2.26. The fraction of sp³-hybridized carbons (Fsp3) is 0.333. The molecule has 0 aliphatic heterocycles. The van der Waals surface area contributed by atoms with Crippen molar-refractivity contribution >= 4 is 22.4 Å². The highest BCUT2D eigenvalue weighted by atomic mass is 35.5. The lowest BCUT2D eigenvalue weighted by Gasteiger charge is -2.15. The van der Waals surface area contributed by atoms with Crippen LogP contribution in [-0.2, 0) is 11.3 Å². The Morgan fingerprint density at radius 1 is 1.17 bits per heavy atom.